The number of aliphatic imine (C=N–C) groups is 1. The number of thiazole rings is 1. The summed E-state index contributed by atoms with van der Waals surface area (Å²) in [5.74, 6) is 0.852. The van der Waals surface area contributed by atoms with Gasteiger partial charge in [-0.15, -0.1) is 35.3 Å². The van der Waals surface area contributed by atoms with Gasteiger partial charge in [-0.1, -0.05) is 29.8 Å². The van der Waals surface area contributed by atoms with Crippen LogP contribution in [0.1, 0.15) is 33.6 Å². The first-order valence-corrected chi connectivity index (χ1v) is 8.90. The summed E-state index contributed by atoms with van der Waals surface area (Å²) in [6.07, 6.45) is 0.988. The summed E-state index contributed by atoms with van der Waals surface area (Å²) in [7, 11) is 0. The fourth-order valence-corrected chi connectivity index (χ4v) is 3.15. The number of aryl methyl sites for hydroxylation is 3. The van der Waals surface area contributed by atoms with Gasteiger partial charge in [0.05, 0.1) is 12.2 Å². The van der Waals surface area contributed by atoms with Crippen molar-refractivity contribution in [2.45, 2.75) is 40.7 Å². The molecule has 0 amide bonds. The molecule has 24 heavy (non-hydrogen) atoms. The average molecular weight is 458 g/mol. The molecule has 0 unspecified atom stereocenters. The fraction of sp³-hybridized carbons (Fsp3) is 0.444. The summed E-state index contributed by atoms with van der Waals surface area (Å²) >= 11 is 1.72. The molecule has 2 aromatic rings. The van der Waals surface area contributed by atoms with Gasteiger partial charge in [-0.05, 0) is 39.7 Å². The number of rotatable bonds is 6. The van der Waals surface area contributed by atoms with E-state index in [0.29, 0.717) is 6.54 Å². The highest BCUT2D eigenvalue weighted by molar-refractivity contribution is 14.0. The Bertz CT molecular complexity index is 647. The van der Waals surface area contributed by atoms with Gasteiger partial charge in [-0.3, -0.25) is 0 Å². The first-order chi connectivity index (χ1) is 11.1. The molecule has 0 radical (unpaired) electrons. The van der Waals surface area contributed by atoms with Gasteiger partial charge < -0.3 is 10.6 Å². The molecule has 132 valence electrons. The lowest BCUT2D eigenvalue weighted by molar-refractivity contribution is 0.798. The first kappa shape index (κ1) is 20.9. The normalized spacial score (nSPS) is 11.1. The van der Waals surface area contributed by atoms with Gasteiger partial charge in [0.1, 0.15) is 5.01 Å². The van der Waals surface area contributed by atoms with Gasteiger partial charge in [-0.25, -0.2) is 9.98 Å². The maximum absolute atomic E-state index is 4.63. The van der Waals surface area contributed by atoms with Crippen LogP contribution in [0.5, 0.6) is 0 Å². The molecule has 0 bridgehead atoms. The minimum Gasteiger partial charge on any atom is -0.357 e. The van der Waals surface area contributed by atoms with E-state index in [1.807, 2.05) is 6.92 Å². The Kier molecular flexibility index (Phi) is 9.28. The summed E-state index contributed by atoms with van der Waals surface area (Å²) in [5, 5.41) is 7.75. The van der Waals surface area contributed by atoms with Crippen molar-refractivity contribution in [3.8, 4) is 0 Å². The van der Waals surface area contributed by atoms with Gasteiger partial charge in [0.15, 0.2) is 5.96 Å². The monoisotopic (exact) mass is 458 g/mol. The molecular weight excluding hydrogens is 431 g/mol. The van der Waals surface area contributed by atoms with Crippen LogP contribution in [0.15, 0.2) is 29.3 Å². The number of benzene rings is 1. The number of halogens is 1. The zero-order valence-electron chi connectivity index (χ0n) is 14.8. The molecule has 0 aliphatic rings. The average Bonchev–Trinajstić information content (AvgIpc) is 2.83. The van der Waals surface area contributed by atoms with Crippen molar-refractivity contribution in [3.05, 3.63) is 51.0 Å². The van der Waals surface area contributed by atoms with E-state index >= 15 is 0 Å². The quantitative estimate of drug-likeness (QED) is 0.391. The van der Waals surface area contributed by atoms with Crippen molar-refractivity contribution in [2.75, 3.05) is 13.1 Å². The zero-order chi connectivity index (χ0) is 16.7. The summed E-state index contributed by atoms with van der Waals surface area (Å²) < 4.78 is 0. The molecule has 0 spiro atoms. The SMILES string of the molecule is CCNC(=NCc1nc(C)c(C)s1)NCCc1cccc(C)c1.I. The van der Waals surface area contributed by atoms with Crippen LogP contribution in [-0.2, 0) is 13.0 Å². The second-order valence-corrected chi connectivity index (χ2v) is 6.90. The largest absolute Gasteiger partial charge is 0.357 e. The van der Waals surface area contributed by atoms with Crippen molar-refractivity contribution >= 4 is 41.3 Å². The van der Waals surface area contributed by atoms with Gasteiger partial charge in [0, 0.05) is 18.0 Å². The number of hydrogen-bond donors (Lipinski definition) is 2. The third-order valence-electron chi connectivity index (χ3n) is 3.58. The Morgan fingerprint density at radius 1 is 1.21 bits per heavy atom. The number of guanidine groups is 1. The van der Waals surface area contributed by atoms with Crippen molar-refractivity contribution in [1.82, 2.24) is 15.6 Å². The third kappa shape index (κ3) is 6.76. The molecule has 1 heterocycles. The van der Waals surface area contributed by atoms with Crippen LogP contribution in [0.25, 0.3) is 0 Å². The first-order valence-electron chi connectivity index (χ1n) is 8.09. The molecule has 0 fully saturated rings. The second-order valence-electron chi connectivity index (χ2n) is 5.61. The standard InChI is InChI=1S/C18H26N4S.HI/c1-5-19-18(21-12-17-22-14(3)15(4)23-17)20-10-9-16-8-6-7-13(2)11-16;/h6-8,11H,5,9-10,12H2,1-4H3,(H2,19,20,21);1H. The number of hydrogen-bond acceptors (Lipinski definition) is 3. The molecule has 4 nitrogen and oxygen atoms in total. The molecule has 1 aromatic heterocycles. The van der Waals surface area contributed by atoms with Gasteiger partial charge in [0.2, 0.25) is 0 Å². The minimum absolute atomic E-state index is 0. The lowest BCUT2D eigenvalue weighted by Crippen LogP contribution is -2.38. The van der Waals surface area contributed by atoms with E-state index in [-0.39, 0.29) is 24.0 Å². The Labute approximate surface area is 166 Å². The fourth-order valence-electron chi connectivity index (χ4n) is 2.29. The van der Waals surface area contributed by atoms with E-state index in [2.05, 4.69) is 65.6 Å². The van der Waals surface area contributed by atoms with E-state index in [9.17, 15) is 0 Å². The van der Waals surface area contributed by atoms with Crippen LogP contribution >= 0.6 is 35.3 Å². The summed E-state index contributed by atoms with van der Waals surface area (Å²) in [5.41, 5.74) is 3.76. The predicted octanol–water partition coefficient (Wildman–Crippen LogP) is 3.98. The highest BCUT2D eigenvalue weighted by Gasteiger charge is 2.04. The van der Waals surface area contributed by atoms with Crippen LogP contribution in [0.2, 0.25) is 0 Å². The Hall–Kier alpha value is -1.15. The molecule has 0 saturated carbocycles. The van der Waals surface area contributed by atoms with Crippen molar-refractivity contribution in [2.24, 2.45) is 4.99 Å². The van der Waals surface area contributed by atoms with E-state index < -0.39 is 0 Å². The second kappa shape index (κ2) is 10.7. The maximum atomic E-state index is 4.63. The maximum Gasteiger partial charge on any atom is 0.191 e. The summed E-state index contributed by atoms with van der Waals surface area (Å²) in [6.45, 7) is 10.7. The Morgan fingerprint density at radius 2 is 2.00 bits per heavy atom. The highest BCUT2D eigenvalue weighted by atomic mass is 127. The van der Waals surface area contributed by atoms with E-state index in [1.54, 1.807) is 11.3 Å². The predicted molar refractivity (Wildman–Crippen MR) is 115 cm³/mol. The molecule has 2 N–H and O–H groups in total. The molecular formula is C18H27IN4S. The van der Waals surface area contributed by atoms with Crippen LogP contribution in [-0.4, -0.2) is 24.0 Å². The van der Waals surface area contributed by atoms with Crippen LogP contribution in [0.3, 0.4) is 0 Å². The zero-order valence-corrected chi connectivity index (χ0v) is 18.0. The lowest BCUT2D eigenvalue weighted by Gasteiger charge is -2.11. The van der Waals surface area contributed by atoms with Gasteiger partial charge >= 0.3 is 0 Å². The molecule has 6 heteroatoms. The van der Waals surface area contributed by atoms with E-state index in [1.165, 1.54) is 16.0 Å². The Morgan fingerprint density at radius 3 is 2.62 bits per heavy atom. The number of aromatic nitrogens is 1. The number of nitrogens with zero attached hydrogens (tertiary/aromatic N) is 2. The van der Waals surface area contributed by atoms with Crippen molar-refractivity contribution in [3.63, 3.8) is 0 Å². The van der Waals surface area contributed by atoms with Gasteiger partial charge in [-0.2, -0.15) is 0 Å². The van der Waals surface area contributed by atoms with E-state index in [0.717, 1.165) is 36.2 Å². The lowest BCUT2D eigenvalue weighted by atomic mass is 10.1. The molecule has 0 aliphatic carbocycles. The van der Waals surface area contributed by atoms with Crippen molar-refractivity contribution < 1.29 is 0 Å². The number of nitrogens with one attached hydrogen (secondary N) is 2. The Balaban J connectivity index is 0.00000288. The topological polar surface area (TPSA) is 49.3 Å². The molecule has 1 aromatic carbocycles. The summed E-state index contributed by atoms with van der Waals surface area (Å²) in [4.78, 5) is 10.4. The summed E-state index contributed by atoms with van der Waals surface area (Å²) in [6, 6.07) is 8.63. The molecule has 0 aliphatic heterocycles. The molecule has 2 rings (SSSR count). The highest BCUT2D eigenvalue weighted by Crippen LogP contribution is 2.16. The van der Waals surface area contributed by atoms with Crippen LogP contribution in [0, 0.1) is 20.8 Å². The molecule has 0 saturated heterocycles. The minimum atomic E-state index is 0. The smallest absolute Gasteiger partial charge is 0.191 e. The van der Waals surface area contributed by atoms with Crippen LogP contribution < -0.4 is 10.6 Å². The third-order valence-corrected chi connectivity index (χ3v) is 4.64. The van der Waals surface area contributed by atoms with Gasteiger partial charge in [0.25, 0.3) is 0 Å². The van der Waals surface area contributed by atoms with E-state index in [4.69, 9.17) is 0 Å². The van der Waals surface area contributed by atoms with Crippen molar-refractivity contribution in [1.29, 1.82) is 0 Å². The molecule has 0 atom stereocenters. The van der Waals surface area contributed by atoms with Crippen LogP contribution in [0.4, 0.5) is 0 Å².